The second-order valence-electron chi connectivity index (χ2n) is 5.94. The van der Waals surface area contributed by atoms with Crippen LogP contribution in [-0.4, -0.2) is 11.7 Å². The molecule has 0 bridgehead atoms. The Hall–Kier alpha value is -1.08. The lowest BCUT2D eigenvalue weighted by Crippen LogP contribution is -2.21. The van der Waals surface area contributed by atoms with Crippen LogP contribution < -0.4 is 0 Å². The molecule has 0 amide bonds. The summed E-state index contributed by atoms with van der Waals surface area (Å²) in [5, 5.41) is 0. The van der Waals surface area contributed by atoms with Crippen LogP contribution in [0.25, 0.3) is 0 Å². The molecular formula is C16H20O. The first kappa shape index (κ1) is 11.0. The van der Waals surface area contributed by atoms with Crippen molar-refractivity contribution < 1.29 is 4.74 Å². The second-order valence-corrected chi connectivity index (χ2v) is 5.94. The fourth-order valence-electron chi connectivity index (χ4n) is 3.27. The largest absolute Gasteiger partial charge is 0.368 e. The molecule has 2 aliphatic rings. The zero-order valence-corrected chi connectivity index (χ0v) is 10.6. The fraction of sp³-hybridized carbons (Fsp3) is 0.500. The number of benzene rings is 1. The molecule has 1 heteroatoms. The maximum absolute atomic E-state index is 6.05. The second kappa shape index (κ2) is 3.99. The number of ether oxygens (including phenoxy) is 1. The van der Waals surface area contributed by atoms with Crippen LogP contribution in [0.4, 0.5) is 0 Å². The van der Waals surface area contributed by atoms with Crippen molar-refractivity contribution >= 4 is 0 Å². The van der Waals surface area contributed by atoms with Gasteiger partial charge in [0.2, 0.25) is 0 Å². The summed E-state index contributed by atoms with van der Waals surface area (Å²) in [4.78, 5) is 0. The third-order valence-corrected chi connectivity index (χ3v) is 3.99. The van der Waals surface area contributed by atoms with Gasteiger partial charge < -0.3 is 4.74 Å². The highest BCUT2D eigenvalue weighted by atomic mass is 16.5. The zero-order chi connectivity index (χ0) is 11.9. The molecule has 1 fully saturated rings. The lowest BCUT2D eigenvalue weighted by Gasteiger charge is -2.25. The predicted molar refractivity (Wildman–Crippen MR) is 70.0 cm³/mol. The number of allylic oxidation sites excluding steroid dienone is 1. The molecular weight excluding hydrogens is 208 g/mol. The molecule has 0 aromatic heterocycles. The quantitative estimate of drug-likeness (QED) is 0.662. The summed E-state index contributed by atoms with van der Waals surface area (Å²) in [7, 11) is 0. The minimum Gasteiger partial charge on any atom is -0.368 e. The van der Waals surface area contributed by atoms with E-state index in [1.165, 1.54) is 18.4 Å². The predicted octanol–water partition coefficient (Wildman–Crippen LogP) is 3.91. The van der Waals surface area contributed by atoms with E-state index in [0.717, 1.165) is 0 Å². The van der Waals surface area contributed by atoms with Crippen LogP contribution in [0.3, 0.4) is 0 Å². The van der Waals surface area contributed by atoms with Crippen LogP contribution in [0.2, 0.25) is 0 Å². The van der Waals surface area contributed by atoms with Crippen molar-refractivity contribution in [3.8, 4) is 0 Å². The van der Waals surface area contributed by atoms with E-state index in [1.807, 2.05) is 0 Å². The molecule has 17 heavy (non-hydrogen) atoms. The molecule has 0 saturated carbocycles. The molecule has 0 radical (unpaired) electrons. The Morgan fingerprint density at radius 1 is 1.12 bits per heavy atom. The Bertz CT molecular complexity index is 418. The van der Waals surface area contributed by atoms with Crippen LogP contribution in [0.5, 0.6) is 0 Å². The van der Waals surface area contributed by atoms with E-state index >= 15 is 0 Å². The Morgan fingerprint density at radius 2 is 1.88 bits per heavy atom. The van der Waals surface area contributed by atoms with Gasteiger partial charge in [-0.1, -0.05) is 42.5 Å². The lowest BCUT2D eigenvalue weighted by molar-refractivity contribution is -0.000611. The molecule has 1 heterocycles. The normalized spacial score (nSPS) is 34.6. The molecule has 1 aliphatic carbocycles. The molecule has 3 atom stereocenters. The third kappa shape index (κ3) is 2.16. The minimum absolute atomic E-state index is 0.0608. The van der Waals surface area contributed by atoms with E-state index in [2.05, 4.69) is 56.3 Å². The fourth-order valence-corrected chi connectivity index (χ4v) is 3.27. The van der Waals surface area contributed by atoms with Crippen LogP contribution in [-0.2, 0) is 4.74 Å². The van der Waals surface area contributed by atoms with Crippen molar-refractivity contribution in [3.05, 3.63) is 48.0 Å². The van der Waals surface area contributed by atoms with Crippen LogP contribution in [0.1, 0.15) is 38.2 Å². The highest BCUT2D eigenvalue weighted by molar-refractivity contribution is 5.26. The van der Waals surface area contributed by atoms with Crippen molar-refractivity contribution in [2.75, 3.05) is 0 Å². The first-order chi connectivity index (χ1) is 8.14. The van der Waals surface area contributed by atoms with Gasteiger partial charge in [-0.05, 0) is 38.2 Å². The van der Waals surface area contributed by atoms with Gasteiger partial charge in [-0.15, -0.1) is 0 Å². The van der Waals surface area contributed by atoms with E-state index in [0.29, 0.717) is 17.9 Å². The van der Waals surface area contributed by atoms with Crippen molar-refractivity contribution in [2.45, 2.75) is 44.3 Å². The Balaban J connectivity index is 1.79. The lowest BCUT2D eigenvalue weighted by atomic mass is 9.79. The van der Waals surface area contributed by atoms with Crippen molar-refractivity contribution in [1.29, 1.82) is 0 Å². The molecule has 90 valence electrons. The molecule has 0 spiro atoms. The molecule has 0 unspecified atom stereocenters. The van der Waals surface area contributed by atoms with Crippen LogP contribution in [0.15, 0.2) is 42.5 Å². The highest BCUT2D eigenvalue weighted by Gasteiger charge is 2.41. The molecule has 1 aliphatic heterocycles. The van der Waals surface area contributed by atoms with Gasteiger partial charge in [0.25, 0.3) is 0 Å². The standard InChI is InChI=1S/C16H20O/c1-16(2)11-14-10-13(8-9-15(14)17-16)12-6-4-3-5-7-12/h3-9,13-15H,10-11H2,1-2H3/t13-,14+,15+/m0/s1. The van der Waals surface area contributed by atoms with Crippen molar-refractivity contribution in [3.63, 3.8) is 0 Å². The van der Waals surface area contributed by atoms with Gasteiger partial charge in [-0.3, -0.25) is 0 Å². The highest BCUT2D eigenvalue weighted by Crippen LogP contribution is 2.43. The maximum Gasteiger partial charge on any atom is 0.0792 e. The first-order valence-corrected chi connectivity index (χ1v) is 6.55. The van der Waals surface area contributed by atoms with Crippen molar-refractivity contribution in [2.24, 2.45) is 5.92 Å². The molecule has 1 saturated heterocycles. The third-order valence-electron chi connectivity index (χ3n) is 3.99. The van der Waals surface area contributed by atoms with E-state index in [4.69, 9.17) is 4.74 Å². The van der Waals surface area contributed by atoms with Gasteiger partial charge in [0.1, 0.15) is 0 Å². The summed E-state index contributed by atoms with van der Waals surface area (Å²) in [6.07, 6.45) is 7.38. The molecule has 1 aromatic rings. The van der Waals surface area contributed by atoms with E-state index in [1.54, 1.807) is 0 Å². The SMILES string of the molecule is CC1(C)C[C@H]2C[C@@H](c3ccccc3)C=C[C@H]2O1. The van der Waals surface area contributed by atoms with E-state index < -0.39 is 0 Å². The molecule has 1 aromatic carbocycles. The number of rotatable bonds is 1. The summed E-state index contributed by atoms with van der Waals surface area (Å²) in [6, 6.07) is 10.8. The molecule has 0 N–H and O–H groups in total. The van der Waals surface area contributed by atoms with Gasteiger partial charge in [0.05, 0.1) is 11.7 Å². The Morgan fingerprint density at radius 3 is 2.65 bits per heavy atom. The number of fused-ring (bicyclic) bond motifs is 1. The first-order valence-electron chi connectivity index (χ1n) is 6.55. The number of hydrogen-bond donors (Lipinski definition) is 0. The number of hydrogen-bond acceptors (Lipinski definition) is 1. The summed E-state index contributed by atoms with van der Waals surface area (Å²) >= 11 is 0. The minimum atomic E-state index is 0.0608. The van der Waals surface area contributed by atoms with Crippen molar-refractivity contribution in [1.82, 2.24) is 0 Å². The van der Waals surface area contributed by atoms with E-state index in [9.17, 15) is 0 Å². The van der Waals surface area contributed by atoms with Crippen LogP contribution in [0, 0.1) is 5.92 Å². The monoisotopic (exact) mass is 228 g/mol. The van der Waals surface area contributed by atoms with Gasteiger partial charge in [-0.25, -0.2) is 0 Å². The van der Waals surface area contributed by atoms with E-state index in [-0.39, 0.29) is 5.60 Å². The van der Waals surface area contributed by atoms with Gasteiger partial charge in [-0.2, -0.15) is 0 Å². The van der Waals surface area contributed by atoms with Gasteiger partial charge in [0.15, 0.2) is 0 Å². The van der Waals surface area contributed by atoms with Gasteiger partial charge in [0, 0.05) is 5.92 Å². The molecule has 1 nitrogen and oxygen atoms in total. The van der Waals surface area contributed by atoms with Crippen LogP contribution >= 0.6 is 0 Å². The zero-order valence-electron chi connectivity index (χ0n) is 10.6. The molecule has 3 rings (SSSR count). The smallest absolute Gasteiger partial charge is 0.0792 e. The topological polar surface area (TPSA) is 9.23 Å². The Kier molecular flexibility index (Phi) is 2.59. The summed E-state index contributed by atoms with van der Waals surface area (Å²) in [5.74, 6) is 1.27. The Labute approximate surface area is 103 Å². The van der Waals surface area contributed by atoms with Gasteiger partial charge >= 0.3 is 0 Å². The summed E-state index contributed by atoms with van der Waals surface area (Å²) < 4.78 is 6.05. The summed E-state index contributed by atoms with van der Waals surface area (Å²) in [5.41, 5.74) is 1.50. The average molecular weight is 228 g/mol. The maximum atomic E-state index is 6.05. The summed E-state index contributed by atoms with van der Waals surface area (Å²) in [6.45, 7) is 4.41. The average Bonchev–Trinajstić information content (AvgIpc) is 2.63.